The van der Waals surface area contributed by atoms with E-state index in [9.17, 15) is 4.79 Å². The zero-order chi connectivity index (χ0) is 12.5. The Morgan fingerprint density at radius 2 is 2.22 bits per heavy atom. The number of carbonyl (C=O) groups is 1. The van der Waals surface area contributed by atoms with Crippen LogP contribution in [0.5, 0.6) is 0 Å². The van der Waals surface area contributed by atoms with E-state index in [0.717, 1.165) is 38.4 Å². The van der Waals surface area contributed by atoms with Crippen molar-refractivity contribution >= 4 is 6.03 Å². The Labute approximate surface area is 107 Å². The Morgan fingerprint density at radius 3 is 3.00 bits per heavy atom. The highest BCUT2D eigenvalue weighted by Crippen LogP contribution is 2.20. The average Bonchev–Trinajstić information content (AvgIpc) is 2.66. The molecule has 5 heteroatoms. The van der Waals surface area contributed by atoms with Gasteiger partial charge in [-0.3, -0.25) is 9.88 Å². The van der Waals surface area contributed by atoms with Crippen LogP contribution in [0.4, 0.5) is 4.79 Å². The average molecular weight is 246 g/mol. The van der Waals surface area contributed by atoms with E-state index in [1.54, 1.807) is 0 Å². The van der Waals surface area contributed by atoms with Gasteiger partial charge >= 0.3 is 6.03 Å². The van der Waals surface area contributed by atoms with Crippen molar-refractivity contribution in [2.45, 2.75) is 12.6 Å². The monoisotopic (exact) mass is 246 g/mol. The molecule has 2 fully saturated rings. The summed E-state index contributed by atoms with van der Waals surface area (Å²) in [4.78, 5) is 22.4. The molecule has 1 aromatic heterocycles. The van der Waals surface area contributed by atoms with Crippen molar-refractivity contribution in [2.75, 3.05) is 33.2 Å². The fourth-order valence-corrected chi connectivity index (χ4v) is 2.81. The van der Waals surface area contributed by atoms with Gasteiger partial charge < -0.3 is 9.80 Å². The SMILES string of the molecule is CN1CC2CN(Cc3ccccn3)CCN2C1=O. The fourth-order valence-electron chi connectivity index (χ4n) is 2.81. The predicted molar refractivity (Wildman–Crippen MR) is 68.0 cm³/mol. The molecule has 0 aliphatic carbocycles. The van der Waals surface area contributed by atoms with Crippen LogP contribution >= 0.6 is 0 Å². The standard InChI is InChI=1S/C13H18N4O/c1-15-9-12-10-16(6-7-17(12)13(15)18)8-11-4-2-3-5-14-11/h2-5,12H,6-10H2,1H3. The first-order valence-electron chi connectivity index (χ1n) is 6.38. The molecule has 0 radical (unpaired) electrons. The maximum atomic E-state index is 11.8. The maximum absolute atomic E-state index is 11.8. The van der Waals surface area contributed by atoms with Crippen LogP contribution in [-0.2, 0) is 6.54 Å². The summed E-state index contributed by atoms with van der Waals surface area (Å²) in [6.45, 7) is 4.45. The lowest BCUT2D eigenvalue weighted by Gasteiger charge is -2.36. The molecule has 96 valence electrons. The highest BCUT2D eigenvalue weighted by molar-refractivity contribution is 5.77. The van der Waals surface area contributed by atoms with Crippen molar-refractivity contribution in [3.05, 3.63) is 30.1 Å². The van der Waals surface area contributed by atoms with E-state index in [2.05, 4.69) is 16.0 Å². The zero-order valence-corrected chi connectivity index (χ0v) is 10.6. The third kappa shape index (κ3) is 2.06. The molecule has 1 atom stereocenters. The van der Waals surface area contributed by atoms with Gasteiger partial charge in [-0.1, -0.05) is 6.07 Å². The first-order valence-corrected chi connectivity index (χ1v) is 6.38. The van der Waals surface area contributed by atoms with E-state index < -0.39 is 0 Å². The van der Waals surface area contributed by atoms with Crippen molar-refractivity contribution in [2.24, 2.45) is 0 Å². The molecule has 0 saturated carbocycles. The second-order valence-electron chi connectivity index (χ2n) is 5.07. The van der Waals surface area contributed by atoms with Gasteiger partial charge in [0.15, 0.2) is 0 Å². The molecule has 2 aliphatic rings. The number of aromatic nitrogens is 1. The van der Waals surface area contributed by atoms with Crippen LogP contribution < -0.4 is 0 Å². The number of pyridine rings is 1. The number of amides is 2. The fraction of sp³-hybridized carbons (Fsp3) is 0.538. The van der Waals surface area contributed by atoms with Gasteiger partial charge in [0.2, 0.25) is 0 Å². The maximum Gasteiger partial charge on any atom is 0.320 e. The molecule has 3 heterocycles. The van der Waals surface area contributed by atoms with Crippen LogP contribution in [0.15, 0.2) is 24.4 Å². The van der Waals surface area contributed by atoms with E-state index in [-0.39, 0.29) is 6.03 Å². The van der Waals surface area contributed by atoms with Gasteiger partial charge in [0.05, 0.1) is 11.7 Å². The number of rotatable bonds is 2. The molecule has 18 heavy (non-hydrogen) atoms. The summed E-state index contributed by atoms with van der Waals surface area (Å²) >= 11 is 0. The second-order valence-corrected chi connectivity index (χ2v) is 5.07. The normalized spacial score (nSPS) is 24.5. The summed E-state index contributed by atoms with van der Waals surface area (Å²) in [5, 5.41) is 0. The van der Waals surface area contributed by atoms with Gasteiger partial charge in [-0.05, 0) is 12.1 Å². The predicted octanol–water partition coefficient (Wildman–Crippen LogP) is 0.633. The minimum atomic E-state index is 0.178. The first-order chi connectivity index (χ1) is 8.74. The summed E-state index contributed by atoms with van der Waals surface area (Å²) in [5.74, 6) is 0. The minimum Gasteiger partial charge on any atom is -0.326 e. The van der Waals surface area contributed by atoms with E-state index in [0.29, 0.717) is 6.04 Å². The van der Waals surface area contributed by atoms with Crippen molar-refractivity contribution in [1.82, 2.24) is 19.7 Å². The van der Waals surface area contributed by atoms with Gasteiger partial charge in [0.1, 0.15) is 0 Å². The Hall–Kier alpha value is -1.62. The quantitative estimate of drug-likeness (QED) is 0.768. The zero-order valence-electron chi connectivity index (χ0n) is 10.6. The molecule has 0 bridgehead atoms. The first kappa shape index (κ1) is 11.5. The number of fused-ring (bicyclic) bond motifs is 1. The number of piperazine rings is 1. The van der Waals surface area contributed by atoms with Gasteiger partial charge in [-0.15, -0.1) is 0 Å². The minimum absolute atomic E-state index is 0.178. The molecule has 1 aromatic rings. The summed E-state index contributed by atoms with van der Waals surface area (Å²) in [7, 11) is 1.88. The molecule has 2 aliphatic heterocycles. The second kappa shape index (κ2) is 4.57. The van der Waals surface area contributed by atoms with Gasteiger partial charge in [0, 0.05) is 46.0 Å². The van der Waals surface area contributed by atoms with E-state index >= 15 is 0 Å². The molecule has 0 spiro atoms. The Balaban J connectivity index is 1.63. The van der Waals surface area contributed by atoms with Crippen molar-refractivity contribution < 1.29 is 4.79 Å². The number of hydrogen-bond acceptors (Lipinski definition) is 3. The summed E-state index contributed by atoms with van der Waals surface area (Å²) < 4.78 is 0. The Kier molecular flexibility index (Phi) is 2.91. The van der Waals surface area contributed by atoms with Crippen molar-refractivity contribution in [3.63, 3.8) is 0 Å². The van der Waals surface area contributed by atoms with Crippen LogP contribution in [0.25, 0.3) is 0 Å². The molecule has 0 aromatic carbocycles. The van der Waals surface area contributed by atoms with Gasteiger partial charge in [-0.25, -0.2) is 4.79 Å². The smallest absolute Gasteiger partial charge is 0.320 e. The third-order valence-corrected chi connectivity index (χ3v) is 3.74. The summed E-state index contributed by atoms with van der Waals surface area (Å²) in [6, 6.07) is 6.54. The molecular formula is C13H18N4O. The third-order valence-electron chi connectivity index (χ3n) is 3.74. The van der Waals surface area contributed by atoms with E-state index in [1.165, 1.54) is 0 Å². The molecule has 2 saturated heterocycles. The molecule has 3 rings (SSSR count). The van der Waals surface area contributed by atoms with E-state index in [4.69, 9.17) is 0 Å². The lowest BCUT2D eigenvalue weighted by atomic mass is 10.2. The van der Waals surface area contributed by atoms with Gasteiger partial charge in [-0.2, -0.15) is 0 Å². The number of nitrogens with zero attached hydrogens (tertiary/aromatic N) is 4. The molecule has 1 unspecified atom stereocenters. The Morgan fingerprint density at radius 1 is 1.33 bits per heavy atom. The molecule has 5 nitrogen and oxygen atoms in total. The van der Waals surface area contributed by atoms with Crippen molar-refractivity contribution in [1.29, 1.82) is 0 Å². The number of likely N-dealkylation sites (N-methyl/N-ethyl adjacent to an activating group) is 1. The topological polar surface area (TPSA) is 39.7 Å². The van der Waals surface area contributed by atoms with Gasteiger partial charge in [0.25, 0.3) is 0 Å². The van der Waals surface area contributed by atoms with E-state index in [1.807, 2.05) is 35.2 Å². The lowest BCUT2D eigenvalue weighted by Crippen LogP contribution is -2.51. The molecular weight excluding hydrogens is 228 g/mol. The van der Waals surface area contributed by atoms with Crippen LogP contribution in [0.3, 0.4) is 0 Å². The lowest BCUT2D eigenvalue weighted by molar-refractivity contribution is 0.115. The number of carbonyl (C=O) groups excluding carboxylic acids is 1. The highest BCUT2D eigenvalue weighted by atomic mass is 16.2. The summed E-state index contributed by atoms with van der Waals surface area (Å²) in [6.07, 6.45) is 1.83. The van der Waals surface area contributed by atoms with Crippen LogP contribution in [0, 0.1) is 0 Å². The van der Waals surface area contributed by atoms with Crippen molar-refractivity contribution in [3.8, 4) is 0 Å². The van der Waals surface area contributed by atoms with Crippen LogP contribution in [0.1, 0.15) is 5.69 Å². The largest absolute Gasteiger partial charge is 0.326 e. The van der Waals surface area contributed by atoms with Crippen LogP contribution in [-0.4, -0.2) is 65.0 Å². The summed E-state index contributed by atoms with van der Waals surface area (Å²) in [5.41, 5.74) is 1.10. The molecule has 0 N–H and O–H groups in total. The molecule has 2 amide bonds. The Bertz CT molecular complexity index is 436. The highest BCUT2D eigenvalue weighted by Gasteiger charge is 2.38. The number of hydrogen-bond donors (Lipinski definition) is 0. The van der Waals surface area contributed by atoms with Crippen LogP contribution in [0.2, 0.25) is 0 Å². The number of urea groups is 1.